The fraction of sp³-hybridized carbons (Fsp3) is 0.432. The van der Waals surface area contributed by atoms with Crippen LogP contribution in [0.4, 0.5) is 0 Å². The van der Waals surface area contributed by atoms with Gasteiger partial charge in [-0.25, -0.2) is 4.98 Å². The molecule has 0 radical (unpaired) electrons. The van der Waals surface area contributed by atoms with Gasteiger partial charge in [0.15, 0.2) is 6.61 Å². The molecule has 256 valence electrons. The summed E-state index contributed by atoms with van der Waals surface area (Å²) in [5.41, 5.74) is 3.19. The Morgan fingerprint density at radius 1 is 0.896 bits per heavy atom. The number of fused-ring (bicyclic) bond motifs is 1. The highest BCUT2D eigenvalue weighted by molar-refractivity contribution is 6.30. The van der Waals surface area contributed by atoms with E-state index in [9.17, 15) is 9.59 Å². The number of piperazine rings is 2. The number of nitrogens with zero attached hydrogens (tertiary/aromatic N) is 5. The van der Waals surface area contributed by atoms with Crippen LogP contribution < -0.4 is 15.0 Å². The van der Waals surface area contributed by atoms with Gasteiger partial charge in [0.05, 0.1) is 23.6 Å². The van der Waals surface area contributed by atoms with Crippen LogP contribution in [0.15, 0.2) is 71.5 Å². The van der Waals surface area contributed by atoms with E-state index in [1.807, 2.05) is 18.2 Å². The highest BCUT2D eigenvalue weighted by Crippen LogP contribution is 2.22. The van der Waals surface area contributed by atoms with Gasteiger partial charge in [0.25, 0.3) is 11.5 Å². The van der Waals surface area contributed by atoms with Crippen molar-refractivity contribution in [2.45, 2.75) is 40.0 Å². The lowest BCUT2D eigenvalue weighted by Gasteiger charge is -2.34. The second-order valence-electron chi connectivity index (χ2n) is 12.8. The molecular weight excluding hydrogens is 628 g/mol. The van der Waals surface area contributed by atoms with Gasteiger partial charge in [0, 0.05) is 63.9 Å². The van der Waals surface area contributed by atoms with E-state index in [0.29, 0.717) is 60.2 Å². The van der Waals surface area contributed by atoms with Gasteiger partial charge in [-0.15, -0.1) is 0 Å². The molecular formula is C37H47ClN6O4. The Balaban J connectivity index is 0.000000206. The Hall–Kier alpha value is -3.96. The molecule has 1 N–H and O–H groups in total. The van der Waals surface area contributed by atoms with Crippen molar-refractivity contribution in [3.05, 3.63) is 99.1 Å². The number of H-pyrrole nitrogens is 1. The molecule has 10 nitrogen and oxygen atoms in total. The van der Waals surface area contributed by atoms with Crippen molar-refractivity contribution in [2.24, 2.45) is 0 Å². The monoisotopic (exact) mass is 674 g/mol. The fourth-order valence-electron chi connectivity index (χ4n) is 5.80. The number of nitrogens with one attached hydrogen (secondary N) is 1. The summed E-state index contributed by atoms with van der Waals surface area (Å²) in [4.78, 5) is 40.9. The molecule has 0 spiro atoms. The number of halogens is 1. The zero-order chi connectivity index (χ0) is 34.0. The number of hydrogen-bond donors (Lipinski definition) is 1. The van der Waals surface area contributed by atoms with Gasteiger partial charge in [0.2, 0.25) is 0 Å². The van der Waals surface area contributed by atoms with E-state index in [1.165, 1.54) is 37.3 Å². The van der Waals surface area contributed by atoms with Crippen LogP contribution in [0, 0.1) is 6.92 Å². The van der Waals surface area contributed by atoms with Crippen LogP contribution in [-0.4, -0.2) is 108 Å². The first-order valence-electron chi connectivity index (χ1n) is 16.7. The molecule has 3 heterocycles. The summed E-state index contributed by atoms with van der Waals surface area (Å²) in [5.74, 6) is 2.22. The number of hydrogen-bond acceptors (Lipinski definition) is 8. The van der Waals surface area contributed by atoms with Crippen molar-refractivity contribution >= 4 is 28.4 Å². The lowest BCUT2D eigenvalue weighted by Crippen LogP contribution is -2.49. The number of benzene rings is 3. The third-order valence-electron chi connectivity index (χ3n) is 8.54. The molecule has 0 saturated carbocycles. The van der Waals surface area contributed by atoms with Crippen LogP contribution in [0.2, 0.25) is 5.02 Å². The molecule has 2 aliphatic rings. The third-order valence-corrected chi connectivity index (χ3v) is 8.79. The second kappa shape index (κ2) is 16.9. The largest absolute Gasteiger partial charge is 0.491 e. The quantitative estimate of drug-likeness (QED) is 0.270. The van der Waals surface area contributed by atoms with Crippen molar-refractivity contribution in [3.8, 4) is 11.5 Å². The number of para-hydroxylation sites is 1. The van der Waals surface area contributed by atoms with E-state index in [4.69, 9.17) is 21.1 Å². The highest BCUT2D eigenvalue weighted by atomic mass is 35.5. The maximum Gasteiger partial charge on any atom is 0.260 e. The topological polar surface area (TPSA) is 94.2 Å². The van der Waals surface area contributed by atoms with Crippen LogP contribution in [0.25, 0.3) is 10.9 Å². The van der Waals surface area contributed by atoms with Crippen molar-refractivity contribution in [1.82, 2.24) is 29.6 Å². The average molecular weight is 675 g/mol. The predicted octanol–water partition coefficient (Wildman–Crippen LogP) is 4.83. The van der Waals surface area contributed by atoms with Crippen LogP contribution in [0.3, 0.4) is 0 Å². The summed E-state index contributed by atoms with van der Waals surface area (Å²) in [6.07, 6.45) is 0.238. The van der Waals surface area contributed by atoms with E-state index in [2.05, 4.69) is 70.7 Å². The maximum absolute atomic E-state index is 12.4. The normalized spacial score (nSPS) is 16.1. The van der Waals surface area contributed by atoms with E-state index >= 15 is 0 Å². The number of aromatic nitrogens is 2. The van der Waals surface area contributed by atoms with E-state index in [0.717, 1.165) is 12.3 Å². The molecule has 11 heteroatoms. The molecule has 1 aromatic heterocycles. The molecule has 0 aliphatic carbocycles. The van der Waals surface area contributed by atoms with Crippen LogP contribution in [-0.2, 0) is 17.9 Å². The number of rotatable bonds is 9. The van der Waals surface area contributed by atoms with Crippen LogP contribution in [0.5, 0.6) is 11.5 Å². The SMILES string of the molecule is Cc1cc(CN2CCN(C)CC2)ccc1OC(C)C.O=C(COc1ccc(Cl)cc1)N1CCN(Cc2nc3ccccc3c(=O)[nH]2)CC1. The molecule has 2 aliphatic heterocycles. The Morgan fingerprint density at radius 2 is 1.56 bits per heavy atom. The smallest absolute Gasteiger partial charge is 0.260 e. The van der Waals surface area contributed by atoms with E-state index < -0.39 is 0 Å². The van der Waals surface area contributed by atoms with Crippen molar-refractivity contribution in [2.75, 3.05) is 66.0 Å². The lowest BCUT2D eigenvalue weighted by atomic mass is 10.1. The average Bonchev–Trinajstić information content (AvgIpc) is 3.07. The summed E-state index contributed by atoms with van der Waals surface area (Å²) >= 11 is 5.85. The van der Waals surface area contributed by atoms with Gasteiger partial charge >= 0.3 is 0 Å². The predicted molar refractivity (Wildman–Crippen MR) is 191 cm³/mol. The maximum atomic E-state index is 12.4. The number of ether oxygens (including phenoxy) is 2. The standard InChI is InChI=1S/C21H21ClN4O3.C16H26N2O/c22-15-5-7-16(8-6-15)29-14-20(27)26-11-9-25(10-12-26)13-19-23-18-4-2-1-3-17(18)21(28)24-19;1-13(2)19-16-6-5-15(11-14(16)3)12-18-9-7-17(4)8-10-18/h1-8H,9-14H2,(H,23,24,28);5-6,11,13H,7-10,12H2,1-4H3. The van der Waals surface area contributed by atoms with Gasteiger partial charge in [-0.1, -0.05) is 35.9 Å². The van der Waals surface area contributed by atoms with Gasteiger partial charge in [0.1, 0.15) is 17.3 Å². The van der Waals surface area contributed by atoms with Crippen LogP contribution >= 0.6 is 11.6 Å². The van der Waals surface area contributed by atoms with E-state index in [-0.39, 0.29) is 24.2 Å². The van der Waals surface area contributed by atoms with Crippen molar-refractivity contribution < 1.29 is 14.3 Å². The Labute approximate surface area is 288 Å². The summed E-state index contributed by atoms with van der Waals surface area (Å²) in [6, 6.07) is 20.8. The number of aromatic amines is 1. The zero-order valence-electron chi connectivity index (χ0n) is 28.5. The zero-order valence-corrected chi connectivity index (χ0v) is 29.2. The Morgan fingerprint density at radius 3 is 2.25 bits per heavy atom. The fourth-order valence-corrected chi connectivity index (χ4v) is 5.93. The van der Waals surface area contributed by atoms with Crippen molar-refractivity contribution in [1.29, 1.82) is 0 Å². The molecule has 0 unspecified atom stereocenters. The first kappa shape index (κ1) is 35.3. The molecule has 4 aromatic rings. The third kappa shape index (κ3) is 10.3. The van der Waals surface area contributed by atoms with Crippen molar-refractivity contribution in [3.63, 3.8) is 0 Å². The Bertz CT molecular complexity index is 1700. The number of carbonyl (C=O) groups is 1. The number of carbonyl (C=O) groups excluding carboxylic acids is 1. The summed E-state index contributed by atoms with van der Waals surface area (Å²) < 4.78 is 11.3. The first-order valence-corrected chi connectivity index (χ1v) is 17.0. The molecule has 48 heavy (non-hydrogen) atoms. The molecule has 0 atom stereocenters. The minimum atomic E-state index is -0.126. The molecule has 0 bridgehead atoms. The van der Waals surface area contributed by atoms with Crippen LogP contribution in [0.1, 0.15) is 30.8 Å². The molecule has 3 aromatic carbocycles. The first-order chi connectivity index (χ1) is 23.1. The molecule has 1 amide bonds. The summed E-state index contributed by atoms with van der Waals surface area (Å²) in [6.45, 7) is 15.2. The molecule has 2 saturated heterocycles. The molecule has 2 fully saturated rings. The van der Waals surface area contributed by atoms with Gasteiger partial charge in [-0.05, 0) is 81.4 Å². The van der Waals surface area contributed by atoms with Gasteiger partial charge in [-0.2, -0.15) is 0 Å². The highest BCUT2D eigenvalue weighted by Gasteiger charge is 2.22. The minimum absolute atomic E-state index is 0.00117. The molecule has 6 rings (SSSR count). The number of likely N-dealkylation sites (N-methyl/N-ethyl adjacent to an activating group) is 1. The summed E-state index contributed by atoms with van der Waals surface area (Å²) in [7, 11) is 2.19. The minimum Gasteiger partial charge on any atom is -0.491 e. The van der Waals surface area contributed by atoms with E-state index in [1.54, 1.807) is 35.2 Å². The number of aryl methyl sites for hydroxylation is 1. The second-order valence-corrected chi connectivity index (χ2v) is 13.2. The summed E-state index contributed by atoms with van der Waals surface area (Å²) in [5, 5.41) is 1.22. The Kier molecular flexibility index (Phi) is 12.5. The van der Waals surface area contributed by atoms with Gasteiger partial charge in [-0.3, -0.25) is 19.4 Å². The number of amides is 1. The van der Waals surface area contributed by atoms with Gasteiger partial charge < -0.3 is 24.3 Å². The lowest BCUT2D eigenvalue weighted by molar-refractivity contribution is -0.135.